The second-order valence-electron chi connectivity index (χ2n) is 4.56. The van der Waals surface area contributed by atoms with Crippen LogP contribution in [0.2, 0.25) is 0 Å². The monoisotopic (exact) mass is 221 g/mol. The number of aryl methyl sites for hydroxylation is 2. The van der Waals surface area contributed by atoms with E-state index in [9.17, 15) is 4.79 Å². The second-order valence-corrected chi connectivity index (χ2v) is 4.56. The number of carbonyl (C=O) groups excluding carboxylic acids is 1. The summed E-state index contributed by atoms with van der Waals surface area (Å²) >= 11 is 0. The molecule has 1 aromatic rings. The van der Waals surface area contributed by atoms with Gasteiger partial charge in [0.15, 0.2) is 0 Å². The highest BCUT2D eigenvalue weighted by Gasteiger charge is 2.17. The second kappa shape index (κ2) is 5.25. The highest BCUT2D eigenvalue weighted by molar-refractivity contribution is 5.79. The molecule has 0 radical (unpaired) electrons. The molecule has 0 aromatic carbocycles. The quantitative estimate of drug-likeness (QED) is 0.809. The Labute approximate surface area is 96.0 Å². The molecular formula is C12H19N3O. The van der Waals surface area contributed by atoms with Crippen LogP contribution in [0.25, 0.3) is 0 Å². The van der Waals surface area contributed by atoms with Gasteiger partial charge in [0.1, 0.15) is 5.78 Å². The standard InChI is InChI=1S/C12H19N3O/c1-15-9-10(8-14-15)4-5-12(16)7-11-3-2-6-13-11/h8-9,11,13H,2-7H2,1H3. The van der Waals surface area contributed by atoms with Crippen LogP contribution in [-0.4, -0.2) is 28.2 Å². The van der Waals surface area contributed by atoms with E-state index in [0.717, 1.165) is 24.9 Å². The number of hydrogen-bond donors (Lipinski definition) is 1. The molecule has 2 rings (SSSR count). The van der Waals surface area contributed by atoms with Gasteiger partial charge in [0.2, 0.25) is 0 Å². The minimum Gasteiger partial charge on any atom is -0.314 e. The van der Waals surface area contributed by atoms with Crippen molar-refractivity contribution in [2.75, 3.05) is 6.54 Å². The van der Waals surface area contributed by atoms with Crippen molar-refractivity contribution < 1.29 is 4.79 Å². The predicted molar refractivity (Wildman–Crippen MR) is 62.2 cm³/mol. The van der Waals surface area contributed by atoms with E-state index in [2.05, 4.69) is 10.4 Å². The smallest absolute Gasteiger partial charge is 0.134 e. The zero-order valence-corrected chi connectivity index (χ0v) is 9.78. The maximum atomic E-state index is 11.7. The van der Waals surface area contributed by atoms with Crippen LogP contribution in [0.5, 0.6) is 0 Å². The van der Waals surface area contributed by atoms with E-state index in [0.29, 0.717) is 24.7 Å². The van der Waals surface area contributed by atoms with Crippen molar-refractivity contribution in [3.05, 3.63) is 18.0 Å². The van der Waals surface area contributed by atoms with Crippen LogP contribution in [0.3, 0.4) is 0 Å². The molecule has 0 spiro atoms. The summed E-state index contributed by atoms with van der Waals surface area (Å²) in [6.45, 7) is 1.07. The molecule has 2 heterocycles. The minimum absolute atomic E-state index is 0.364. The number of nitrogens with one attached hydrogen (secondary N) is 1. The summed E-state index contributed by atoms with van der Waals surface area (Å²) in [5.41, 5.74) is 1.15. The zero-order chi connectivity index (χ0) is 11.4. The topological polar surface area (TPSA) is 46.9 Å². The van der Waals surface area contributed by atoms with Crippen LogP contribution < -0.4 is 5.32 Å². The first-order valence-electron chi connectivity index (χ1n) is 5.96. The van der Waals surface area contributed by atoms with Gasteiger partial charge >= 0.3 is 0 Å². The zero-order valence-electron chi connectivity index (χ0n) is 9.78. The van der Waals surface area contributed by atoms with Crippen LogP contribution in [0.1, 0.15) is 31.2 Å². The van der Waals surface area contributed by atoms with E-state index in [4.69, 9.17) is 0 Å². The van der Waals surface area contributed by atoms with Gasteiger partial charge in [0.05, 0.1) is 6.20 Å². The number of aromatic nitrogens is 2. The van der Waals surface area contributed by atoms with E-state index < -0.39 is 0 Å². The van der Waals surface area contributed by atoms with Crippen molar-refractivity contribution in [1.29, 1.82) is 0 Å². The van der Waals surface area contributed by atoms with Gasteiger partial charge in [-0.05, 0) is 31.4 Å². The molecule has 1 aromatic heterocycles. The number of Topliss-reactive ketones (excluding diaryl/α,β-unsaturated/α-hetero) is 1. The predicted octanol–water partition coefficient (Wildman–Crippen LogP) is 1.06. The lowest BCUT2D eigenvalue weighted by atomic mass is 10.0. The lowest BCUT2D eigenvalue weighted by Crippen LogP contribution is -2.24. The first-order chi connectivity index (χ1) is 7.74. The minimum atomic E-state index is 0.364. The summed E-state index contributed by atoms with van der Waals surface area (Å²) in [4.78, 5) is 11.7. The Balaban J connectivity index is 1.71. The molecule has 0 aliphatic carbocycles. The maximum absolute atomic E-state index is 11.7. The Kier molecular flexibility index (Phi) is 3.72. The number of nitrogens with zero attached hydrogens (tertiary/aromatic N) is 2. The molecule has 1 atom stereocenters. The van der Waals surface area contributed by atoms with E-state index in [1.54, 1.807) is 4.68 Å². The Morgan fingerprint density at radius 3 is 3.19 bits per heavy atom. The van der Waals surface area contributed by atoms with Crippen molar-refractivity contribution in [1.82, 2.24) is 15.1 Å². The van der Waals surface area contributed by atoms with Gasteiger partial charge in [0.25, 0.3) is 0 Å². The van der Waals surface area contributed by atoms with E-state index >= 15 is 0 Å². The van der Waals surface area contributed by atoms with Crippen molar-refractivity contribution >= 4 is 5.78 Å². The molecule has 1 aliphatic rings. The molecule has 0 amide bonds. The van der Waals surface area contributed by atoms with Crippen molar-refractivity contribution in [2.45, 2.75) is 38.1 Å². The van der Waals surface area contributed by atoms with Crippen LogP contribution in [-0.2, 0) is 18.3 Å². The maximum Gasteiger partial charge on any atom is 0.134 e. The molecule has 4 nitrogen and oxygen atoms in total. The summed E-state index contributed by atoms with van der Waals surface area (Å²) in [5.74, 6) is 0.364. The van der Waals surface area contributed by atoms with Crippen molar-refractivity contribution in [2.24, 2.45) is 7.05 Å². The van der Waals surface area contributed by atoms with Gasteiger partial charge in [-0.3, -0.25) is 9.48 Å². The molecule has 1 unspecified atom stereocenters. The van der Waals surface area contributed by atoms with Gasteiger partial charge < -0.3 is 5.32 Å². The molecule has 1 aliphatic heterocycles. The van der Waals surface area contributed by atoms with Crippen molar-refractivity contribution in [3.8, 4) is 0 Å². The molecule has 16 heavy (non-hydrogen) atoms. The van der Waals surface area contributed by atoms with Crippen LogP contribution in [0.4, 0.5) is 0 Å². The highest BCUT2D eigenvalue weighted by Crippen LogP contribution is 2.11. The third-order valence-corrected chi connectivity index (χ3v) is 3.09. The fourth-order valence-electron chi connectivity index (χ4n) is 2.19. The average Bonchev–Trinajstić information content (AvgIpc) is 2.87. The van der Waals surface area contributed by atoms with Gasteiger partial charge in [-0.15, -0.1) is 0 Å². The van der Waals surface area contributed by atoms with Gasteiger partial charge in [-0.25, -0.2) is 0 Å². The summed E-state index contributed by atoms with van der Waals surface area (Å²) in [6.07, 6.45) is 8.32. The Bertz CT molecular complexity index is 353. The summed E-state index contributed by atoms with van der Waals surface area (Å²) < 4.78 is 1.78. The lowest BCUT2D eigenvalue weighted by molar-refractivity contribution is -0.119. The van der Waals surface area contributed by atoms with Gasteiger partial charge in [-0.1, -0.05) is 0 Å². The highest BCUT2D eigenvalue weighted by atomic mass is 16.1. The Morgan fingerprint density at radius 1 is 1.69 bits per heavy atom. The normalized spacial score (nSPS) is 20.2. The van der Waals surface area contributed by atoms with Gasteiger partial charge in [-0.2, -0.15) is 5.10 Å². The number of hydrogen-bond acceptors (Lipinski definition) is 3. The van der Waals surface area contributed by atoms with Gasteiger partial charge in [0, 0.05) is 32.1 Å². The molecular weight excluding hydrogens is 202 g/mol. The van der Waals surface area contributed by atoms with Crippen LogP contribution in [0, 0.1) is 0 Å². The Morgan fingerprint density at radius 2 is 2.56 bits per heavy atom. The summed E-state index contributed by atoms with van der Waals surface area (Å²) in [5, 5.41) is 7.44. The van der Waals surface area contributed by atoms with Crippen molar-refractivity contribution in [3.63, 3.8) is 0 Å². The fraction of sp³-hybridized carbons (Fsp3) is 0.667. The summed E-state index contributed by atoms with van der Waals surface area (Å²) in [6, 6.07) is 0.432. The molecule has 1 saturated heterocycles. The first-order valence-corrected chi connectivity index (χ1v) is 5.96. The van der Waals surface area contributed by atoms with Crippen LogP contribution >= 0.6 is 0 Å². The molecule has 1 fully saturated rings. The molecule has 0 saturated carbocycles. The first kappa shape index (κ1) is 11.3. The third kappa shape index (κ3) is 3.17. The number of rotatable bonds is 5. The molecule has 1 N–H and O–H groups in total. The molecule has 4 heteroatoms. The van der Waals surface area contributed by atoms with E-state index in [1.165, 1.54) is 6.42 Å². The van der Waals surface area contributed by atoms with E-state index in [1.807, 2.05) is 19.4 Å². The average molecular weight is 221 g/mol. The summed E-state index contributed by atoms with van der Waals surface area (Å²) in [7, 11) is 1.90. The lowest BCUT2D eigenvalue weighted by Gasteiger charge is -2.07. The molecule has 88 valence electrons. The largest absolute Gasteiger partial charge is 0.314 e. The third-order valence-electron chi connectivity index (χ3n) is 3.09. The van der Waals surface area contributed by atoms with Crippen LogP contribution in [0.15, 0.2) is 12.4 Å². The SMILES string of the molecule is Cn1cc(CCC(=O)CC2CCCN2)cn1. The number of ketones is 1. The fourth-order valence-corrected chi connectivity index (χ4v) is 2.19. The molecule has 0 bridgehead atoms. The van der Waals surface area contributed by atoms with E-state index in [-0.39, 0.29) is 0 Å². The Hall–Kier alpha value is -1.16. The number of carbonyl (C=O) groups is 1.